The molecule has 2 aromatic carbocycles. The van der Waals surface area contributed by atoms with Crippen LogP contribution in [-0.2, 0) is 0 Å². The number of aryl methyl sites for hydroxylation is 1. The van der Waals surface area contributed by atoms with Gasteiger partial charge in [-0.2, -0.15) is 0 Å². The molecule has 0 N–H and O–H groups in total. The second-order valence-corrected chi connectivity index (χ2v) is 3.72. The zero-order valence-electron chi connectivity index (χ0n) is 9.81. The van der Waals surface area contributed by atoms with E-state index in [0.29, 0.717) is 6.61 Å². The third-order valence-corrected chi connectivity index (χ3v) is 2.42. The van der Waals surface area contributed by atoms with Crippen LogP contribution in [0.5, 0.6) is 5.75 Å². The van der Waals surface area contributed by atoms with E-state index in [2.05, 4.69) is 24.8 Å². The van der Waals surface area contributed by atoms with E-state index in [4.69, 9.17) is 4.74 Å². The minimum atomic E-state index is 0.415. The van der Waals surface area contributed by atoms with Crippen molar-refractivity contribution in [2.24, 2.45) is 0 Å². The van der Waals surface area contributed by atoms with Gasteiger partial charge in [0.2, 0.25) is 0 Å². The Kier molecular flexibility index (Phi) is 3.83. The molecule has 0 aromatic heterocycles. The Balaban J connectivity index is 1.94. The first kappa shape index (κ1) is 11.3. The molecule has 0 radical (unpaired) electrons. The molecule has 0 fully saturated rings. The van der Waals surface area contributed by atoms with Crippen molar-refractivity contribution in [1.82, 2.24) is 0 Å². The fraction of sp³-hybridized carbons (Fsp3) is 0.125. The first-order valence-corrected chi connectivity index (χ1v) is 5.58. The van der Waals surface area contributed by atoms with Gasteiger partial charge in [-0.15, -0.1) is 0 Å². The van der Waals surface area contributed by atoms with Crippen LogP contribution in [0, 0.1) is 18.8 Å². The molecule has 0 atom stereocenters. The Hall–Kier alpha value is -2.20. The predicted molar refractivity (Wildman–Crippen MR) is 70.0 cm³/mol. The highest BCUT2D eigenvalue weighted by Crippen LogP contribution is 2.07. The SMILES string of the molecule is Cc1ccccc1C#CCOc1ccccc1. The highest BCUT2D eigenvalue weighted by Gasteiger charge is 1.90. The smallest absolute Gasteiger partial charge is 0.149 e. The van der Waals surface area contributed by atoms with Gasteiger partial charge in [0.15, 0.2) is 0 Å². The van der Waals surface area contributed by atoms with E-state index in [1.165, 1.54) is 5.56 Å². The van der Waals surface area contributed by atoms with Gasteiger partial charge in [0.25, 0.3) is 0 Å². The molecule has 17 heavy (non-hydrogen) atoms. The number of hydrogen-bond acceptors (Lipinski definition) is 1. The van der Waals surface area contributed by atoms with Crippen LogP contribution in [0.15, 0.2) is 54.6 Å². The van der Waals surface area contributed by atoms with Crippen molar-refractivity contribution in [3.63, 3.8) is 0 Å². The Labute approximate surface area is 102 Å². The Bertz CT molecular complexity index is 532. The van der Waals surface area contributed by atoms with Gasteiger partial charge in [-0.3, -0.25) is 0 Å². The summed E-state index contributed by atoms with van der Waals surface area (Å²) < 4.78 is 5.49. The van der Waals surface area contributed by atoms with Gasteiger partial charge in [-0.25, -0.2) is 0 Å². The Morgan fingerprint density at radius 2 is 1.65 bits per heavy atom. The molecule has 0 aliphatic heterocycles. The van der Waals surface area contributed by atoms with Crippen LogP contribution in [0.3, 0.4) is 0 Å². The van der Waals surface area contributed by atoms with Gasteiger partial charge in [0, 0.05) is 5.56 Å². The largest absolute Gasteiger partial charge is 0.481 e. The summed E-state index contributed by atoms with van der Waals surface area (Å²) in [6, 6.07) is 17.8. The number of para-hydroxylation sites is 1. The van der Waals surface area contributed by atoms with Crippen molar-refractivity contribution >= 4 is 0 Å². The van der Waals surface area contributed by atoms with E-state index in [1.807, 2.05) is 48.5 Å². The summed E-state index contributed by atoms with van der Waals surface area (Å²) in [6.07, 6.45) is 0. The summed E-state index contributed by atoms with van der Waals surface area (Å²) >= 11 is 0. The van der Waals surface area contributed by atoms with Crippen molar-refractivity contribution in [3.05, 3.63) is 65.7 Å². The van der Waals surface area contributed by atoms with Crippen molar-refractivity contribution in [1.29, 1.82) is 0 Å². The van der Waals surface area contributed by atoms with Crippen LogP contribution in [0.2, 0.25) is 0 Å². The lowest BCUT2D eigenvalue weighted by Crippen LogP contribution is -1.93. The second kappa shape index (κ2) is 5.77. The summed E-state index contributed by atoms with van der Waals surface area (Å²) in [5.41, 5.74) is 2.25. The topological polar surface area (TPSA) is 9.23 Å². The van der Waals surface area contributed by atoms with E-state index in [9.17, 15) is 0 Å². The first-order valence-electron chi connectivity index (χ1n) is 5.58. The normalized spacial score (nSPS) is 9.24. The quantitative estimate of drug-likeness (QED) is 0.707. The van der Waals surface area contributed by atoms with Crippen molar-refractivity contribution in [2.75, 3.05) is 6.61 Å². The average molecular weight is 222 g/mol. The highest BCUT2D eigenvalue weighted by molar-refractivity contribution is 5.40. The van der Waals surface area contributed by atoms with Crippen LogP contribution in [-0.4, -0.2) is 6.61 Å². The fourth-order valence-corrected chi connectivity index (χ4v) is 1.48. The average Bonchev–Trinajstić information content (AvgIpc) is 2.38. The third-order valence-electron chi connectivity index (χ3n) is 2.42. The van der Waals surface area contributed by atoms with E-state index in [-0.39, 0.29) is 0 Å². The zero-order chi connectivity index (χ0) is 11.9. The lowest BCUT2D eigenvalue weighted by atomic mass is 10.1. The second-order valence-electron chi connectivity index (χ2n) is 3.72. The maximum absolute atomic E-state index is 5.49. The minimum Gasteiger partial charge on any atom is -0.481 e. The molecule has 0 unspecified atom stereocenters. The molecule has 0 saturated heterocycles. The van der Waals surface area contributed by atoms with E-state index in [0.717, 1.165) is 11.3 Å². The molecule has 2 rings (SSSR count). The van der Waals surface area contributed by atoms with Crippen molar-refractivity contribution in [2.45, 2.75) is 6.92 Å². The van der Waals surface area contributed by atoms with E-state index in [1.54, 1.807) is 0 Å². The van der Waals surface area contributed by atoms with Gasteiger partial charge in [0.1, 0.15) is 12.4 Å². The molecule has 0 spiro atoms. The molecule has 0 heterocycles. The van der Waals surface area contributed by atoms with Gasteiger partial charge in [-0.1, -0.05) is 48.2 Å². The molecule has 0 aliphatic carbocycles. The summed E-state index contributed by atoms with van der Waals surface area (Å²) in [7, 11) is 0. The number of ether oxygens (including phenoxy) is 1. The summed E-state index contributed by atoms with van der Waals surface area (Å²) in [6.45, 7) is 2.47. The van der Waals surface area contributed by atoms with Crippen molar-refractivity contribution < 1.29 is 4.74 Å². The molecule has 0 saturated carbocycles. The first-order chi connectivity index (χ1) is 8.36. The summed E-state index contributed by atoms with van der Waals surface area (Å²) in [4.78, 5) is 0. The highest BCUT2D eigenvalue weighted by atomic mass is 16.5. The lowest BCUT2D eigenvalue weighted by molar-refractivity contribution is 0.370. The van der Waals surface area contributed by atoms with Crippen molar-refractivity contribution in [3.8, 4) is 17.6 Å². The molecule has 0 bridgehead atoms. The molecule has 0 amide bonds. The standard InChI is InChI=1S/C16H14O/c1-14-8-5-6-9-15(14)10-7-13-17-16-11-3-2-4-12-16/h2-6,8-9,11-12H,13H2,1H3. The molecule has 2 aromatic rings. The Morgan fingerprint density at radius 1 is 0.941 bits per heavy atom. The van der Waals surface area contributed by atoms with Crippen LogP contribution in [0.4, 0.5) is 0 Å². The van der Waals surface area contributed by atoms with Gasteiger partial charge in [0.05, 0.1) is 0 Å². The molecule has 1 nitrogen and oxygen atoms in total. The number of hydrogen-bond donors (Lipinski definition) is 0. The van der Waals surface area contributed by atoms with E-state index < -0.39 is 0 Å². The van der Waals surface area contributed by atoms with Gasteiger partial charge in [-0.05, 0) is 30.7 Å². The fourth-order valence-electron chi connectivity index (χ4n) is 1.48. The maximum atomic E-state index is 5.49. The molecule has 0 aliphatic rings. The Morgan fingerprint density at radius 3 is 2.41 bits per heavy atom. The van der Waals surface area contributed by atoms with E-state index >= 15 is 0 Å². The molecular formula is C16H14O. The summed E-state index contributed by atoms with van der Waals surface area (Å²) in [5.74, 6) is 6.98. The molecular weight excluding hydrogens is 208 g/mol. The molecule has 1 heteroatoms. The monoisotopic (exact) mass is 222 g/mol. The zero-order valence-corrected chi connectivity index (χ0v) is 9.81. The lowest BCUT2D eigenvalue weighted by Gasteiger charge is -2.00. The van der Waals surface area contributed by atoms with Crippen LogP contribution < -0.4 is 4.74 Å². The van der Waals surface area contributed by atoms with Crippen LogP contribution in [0.1, 0.15) is 11.1 Å². The van der Waals surface area contributed by atoms with Crippen LogP contribution >= 0.6 is 0 Å². The maximum Gasteiger partial charge on any atom is 0.149 e. The molecule has 84 valence electrons. The van der Waals surface area contributed by atoms with Crippen LogP contribution in [0.25, 0.3) is 0 Å². The van der Waals surface area contributed by atoms with Gasteiger partial charge >= 0.3 is 0 Å². The predicted octanol–water partition coefficient (Wildman–Crippen LogP) is 3.43. The number of rotatable bonds is 2. The summed E-state index contributed by atoms with van der Waals surface area (Å²) in [5, 5.41) is 0. The third kappa shape index (κ3) is 3.39. The van der Waals surface area contributed by atoms with Gasteiger partial charge < -0.3 is 4.74 Å². The minimum absolute atomic E-state index is 0.415. The number of benzene rings is 2.